The number of imidazole rings is 1. The molecule has 2 aliphatic heterocycles. The topological polar surface area (TPSA) is 133 Å². The molecule has 1 aliphatic carbocycles. The molecule has 0 spiro atoms. The van der Waals surface area contributed by atoms with Gasteiger partial charge in [0.15, 0.2) is 5.60 Å². The second-order valence-corrected chi connectivity index (χ2v) is 11.6. The molecule has 12 heteroatoms. The van der Waals surface area contributed by atoms with E-state index >= 15 is 0 Å². The van der Waals surface area contributed by atoms with Crippen molar-refractivity contribution in [1.82, 2.24) is 34.7 Å². The number of aromatic amines is 1. The predicted molar refractivity (Wildman–Crippen MR) is 150 cm³/mol. The number of hydrogen-bond acceptors (Lipinski definition) is 7. The maximum absolute atomic E-state index is 13.7. The minimum Gasteiger partial charge on any atom is -0.476 e. The van der Waals surface area contributed by atoms with Crippen molar-refractivity contribution in [3.8, 4) is 33.8 Å². The molecule has 3 atom stereocenters. The Balaban J connectivity index is 1.16. The molecule has 3 aliphatic rings. The van der Waals surface area contributed by atoms with Crippen molar-refractivity contribution in [3.05, 3.63) is 87.9 Å². The van der Waals surface area contributed by atoms with E-state index in [0.29, 0.717) is 16.5 Å². The van der Waals surface area contributed by atoms with Crippen molar-refractivity contribution in [1.29, 1.82) is 0 Å². The average Bonchev–Trinajstić information content (AvgIpc) is 3.28. The number of rotatable bonds is 4. The van der Waals surface area contributed by atoms with Crippen LogP contribution in [0.5, 0.6) is 5.75 Å². The first kappa shape index (κ1) is 24.1. The van der Waals surface area contributed by atoms with Crippen LogP contribution in [0.2, 0.25) is 5.02 Å². The van der Waals surface area contributed by atoms with Crippen LogP contribution in [0.3, 0.4) is 0 Å². The van der Waals surface area contributed by atoms with Crippen LogP contribution in [-0.2, 0) is 4.79 Å². The van der Waals surface area contributed by atoms with Crippen LogP contribution in [0.25, 0.3) is 28.1 Å². The SMILES string of the molecule is CC1(C)Oc2cc(-c3cnc([C@@H]4[C@H]5C[C@H]5c5cc(-c6cc(Cl)ccc6-n6cnnn6)cc(=O)n54)[nH]3)ccc2NC1=O. The number of carbonyl (C=O) groups excluding carboxylic acids is 1. The van der Waals surface area contributed by atoms with Crippen molar-refractivity contribution < 1.29 is 9.53 Å². The van der Waals surface area contributed by atoms with Gasteiger partial charge in [-0.25, -0.2) is 4.98 Å². The van der Waals surface area contributed by atoms with E-state index < -0.39 is 5.60 Å². The molecule has 0 radical (unpaired) electrons. The molecule has 204 valence electrons. The molecule has 11 nitrogen and oxygen atoms in total. The van der Waals surface area contributed by atoms with Crippen molar-refractivity contribution in [2.24, 2.45) is 5.92 Å². The van der Waals surface area contributed by atoms with Gasteiger partial charge in [-0.1, -0.05) is 17.7 Å². The minimum atomic E-state index is -0.961. The first-order valence-corrected chi connectivity index (χ1v) is 13.6. The third-order valence-electron chi connectivity index (χ3n) is 8.20. The summed E-state index contributed by atoms with van der Waals surface area (Å²) in [7, 11) is 0. The molecule has 3 aromatic heterocycles. The number of tetrazole rings is 1. The zero-order valence-corrected chi connectivity index (χ0v) is 22.8. The number of hydrogen-bond donors (Lipinski definition) is 2. The van der Waals surface area contributed by atoms with Crippen LogP contribution in [0.4, 0.5) is 5.69 Å². The second kappa shape index (κ2) is 8.37. The van der Waals surface area contributed by atoms with Crippen LogP contribution in [0, 0.1) is 5.92 Å². The van der Waals surface area contributed by atoms with Crippen LogP contribution >= 0.6 is 11.6 Å². The van der Waals surface area contributed by atoms with Gasteiger partial charge in [-0.05, 0) is 78.6 Å². The van der Waals surface area contributed by atoms with Gasteiger partial charge < -0.3 is 19.6 Å². The minimum absolute atomic E-state index is 0.101. The fraction of sp³-hybridized carbons (Fsp3) is 0.241. The van der Waals surface area contributed by atoms with Gasteiger partial charge in [0.2, 0.25) is 0 Å². The molecule has 41 heavy (non-hydrogen) atoms. The number of fused-ring (bicyclic) bond motifs is 4. The number of nitrogens with one attached hydrogen (secondary N) is 2. The van der Waals surface area contributed by atoms with Gasteiger partial charge in [0.25, 0.3) is 11.5 Å². The maximum atomic E-state index is 13.7. The number of halogens is 1. The smallest absolute Gasteiger partial charge is 0.268 e. The zero-order chi connectivity index (χ0) is 28.0. The summed E-state index contributed by atoms with van der Waals surface area (Å²) in [5.41, 5.74) is 4.52. The fourth-order valence-electron chi connectivity index (χ4n) is 6.08. The second-order valence-electron chi connectivity index (χ2n) is 11.2. The van der Waals surface area contributed by atoms with Gasteiger partial charge in [-0.2, -0.15) is 4.68 Å². The van der Waals surface area contributed by atoms with Crippen molar-refractivity contribution in [3.63, 3.8) is 0 Å². The van der Waals surface area contributed by atoms with E-state index in [1.165, 1.54) is 6.33 Å². The summed E-state index contributed by atoms with van der Waals surface area (Å²) in [4.78, 5) is 34.1. The highest BCUT2D eigenvalue weighted by Gasteiger charge is 2.54. The third-order valence-corrected chi connectivity index (χ3v) is 8.43. The van der Waals surface area contributed by atoms with E-state index in [9.17, 15) is 9.59 Å². The van der Waals surface area contributed by atoms with Gasteiger partial charge in [0.05, 0.1) is 29.3 Å². The fourth-order valence-corrected chi connectivity index (χ4v) is 6.25. The Morgan fingerprint density at radius 1 is 1.07 bits per heavy atom. The number of ether oxygens (including phenoxy) is 1. The van der Waals surface area contributed by atoms with Crippen LogP contribution < -0.4 is 15.6 Å². The molecule has 0 unspecified atom stereocenters. The lowest BCUT2D eigenvalue weighted by Gasteiger charge is -2.31. The number of carbonyl (C=O) groups is 1. The number of nitrogens with zero attached hydrogens (tertiary/aromatic N) is 6. The number of aromatic nitrogens is 7. The van der Waals surface area contributed by atoms with Crippen molar-refractivity contribution >= 4 is 23.2 Å². The number of pyridine rings is 1. The molecule has 1 fully saturated rings. The standard InChI is InChI=1S/C29H23ClN8O3/c1-29(2)28(40)34-20-5-3-14(8-24(20)41-29)21-12-31-27(33-21)26-19-11-18(19)23-7-15(9-25(39)38(23)26)17-10-16(30)4-6-22(17)37-13-32-35-36-37/h3-10,12-13,18-19,26H,11H2,1-2H3,(H,31,33)(H,34,40)/t18-,19+,26+/m1/s1. The summed E-state index contributed by atoms with van der Waals surface area (Å²) in [6.45, 7) is 3.47. The number of amides is 1. The van der Waals surface area contributed by atoms with Gasteiger partial charge >= 0.3 is 0 Å². The van der Waals surface area contributed by atoms with Crippen LogP contribution in [0.15, 0.2) is 65.8 Å². The average molecular weight is 567 g/mol. The lowest BCUT2D eigenvalue weighted by Crippen LogP contribution is -2.45. The Bertz CT molecular complexity index is 1940. The van der Waals surface area contributed by atoms with Crippen LogP contribution in [-0.4, -0.2) is 46.3 Å². The molecule has 0 saturated heterocycles. The van der Waals surface area contributed by atoms with Crippen molar-refractivity contribution in [2.45, 2.75) is 37.8 Å². The summed E-state index contributed by atoms with van der Waals surface area (Å²) < 4.78 is 9.38. The van der Waals surface area contributed by atoms with E-state index in [0.717, 1.165) is 46.0 Å². The lowest BCUT2D eigenvalue weighted by atomic mass is 10.0. The molecule has 8 rings (SSSR count). The summed E-state index contributed by atoms with van der Waals surface area (Å²) in [6.07, 6.45) is 4.28. The molecular weight excluding hydrogens is 544 g/mol. The van der Waals surface area contributed by atoms with Gasteiger partial charge in [0.1, 0.15) is 17.9 Å². The Morgan fingerprint density at radius 3 is 2.78 bits per heavy atom. The monoisotopic (exact) mass is 566 g/mol. The quantitative estimate of drug-likeness (QED) is 0.330. The Kier molecular flexibility index (Phi) is 4.91. The maximum Gasteiger partial charge on any atom is 0.268 e. The van der Waals surface area contributed by atoms with Crippen LogP contribution in [0.1, 0.15) is 43.7 Å². The van der Waals surface area contributed by atoms with Gasteiger partial charge in [-0.15, -0.1) is 5.10 Å². The molecule has 2 N–H and O–H groups in total. The molecule has 5 heterocycles. The normalized spacial score (nSPS) is 21.4. The molecule has 1 saturated carbocycles. The summed E-state index contributed by atoms with van der Waals surface area (Å²) >= 11 is 6.35. The summed E-state index contributed by atoms with van der Waals surface area (Å²) in [5, 5.41) is 15.0. The summed E-state index contributed by atoms with van der Waals surface area (Å²) in [5.74, 6) is 1.72. The molecule has 0 bridgehead atoms. The Labute approximate surface area is 238 Å². The number of anilines is 1. The van der Waals surface area contributed by atoms with E-state index in [-0.39, 0.29) is 29.3 Å². The zero-order valence-electron chi connectivity index (χ0n) is 22.0. The number of H-pyrrole nitrogens is 1. The number of benzene rings is 2. The molecule has 5 aromatic rings. The molecular formula is C29H23ClN8O3. The highest BCUT2D eigenvalue weighted by Crippen LogP contribution is 2.60. The van der Waals surface area contributed by atoms with Crippen molar-refractivity contribution in [2.75, 3.05) is 5.32 Å². The summed E-state index contributed by atoms with van der Waals surface area (Å²) in [6, 6.07) is 14.6. The highest BCUT2D eigenvalue weighted by molar-refractivity contribution is 6.31. The predicted octanol–water partition coefficient (Wildman–Crippen LogP) is 4.35. The first-order valence-electron chi connectivity index (χ1n) is 13.3. The van der Waals surface area contributed by atoms with E-state index in [1.807, 2.05) is 34.9 Å². The van der Waals surface area contributed by atoms with Gasteiger partial charge in [0, 0.05) is 33.8 Å². The largest absolute Gasteiger partial charge is 0.476 e. The first-order chi connectivity index (χ1) is 19.8. The van der Waals surface area contributed by atoms with E-state index in [2.05, 4.69) is 31.9 Å². The van der Waals surface area contributed by atoms with Gasteiger partial charge in [-0.3, -0.25) is 9.59 Å². The molecule has 2 aromatic carbocycles. The van der Waals surface area contributed by atoms with E-state index in [1.54, 1.807) is 36.9 Å². The third kappa shape index (κ3) is 3.72. The van der Waals surface area contributed by atoms with E-state index in [4.69, 9.17) is 21.3 Å². The molecule has 1 amide bonds. The Hall–Kier alpha value is -4.77. The Morgan fingerprint density at radius 2 is 1.95 bits per heavy atom. The highest BCUT2D eigenvalue weighted by atomic mass is 35.5. The lowest BCUT2D eigenvalue weighted by molar-refractivity contribution is -0.129.